The lowest BCUT2D eigenvalue weighted by Gasteiger charge is -2.34. The number of hydrogen-bond donors (Lipinski definition) is 0. The molecule has 33 heavy (non-hydrogen) atoms. The van der Waals surface area contributed by atoms with E-state index in [-0.39, 0.29) is 18.0 Å². The fourth-order valence-electron chi connectivity index (χ4n) is 3.79. The average molecular weight is 445 g/mol. The Balaban J connectivity index is 1.29. The number of carbonyl (C=O) groups is 1. The molecule has 0 aliphatic carbocycles. The first-order chi connectivity index (χ1) is 16.1. The molecular formula is C26H28N4O3. The zero-order valence-electron chi connectivity index (χ0n) is 18.8. The van der Waals surface area contributed by atoms with E-state index >= 15 is 0 Å². The second kappa shape index (κ2) is 10.7. The van der Waals surface area contributed by atoms with Crippen molar-refractivity contribution in [2.75, 3.05) is 39.8 Å². The van der Waals surface area contributed by atoms with Crippen molar-refractivity contribution in [2.45, 2.75) is 6.54 Å². The molecule has 0 atom stereocenters. The first kappa shape index (κ1) is 22.5. The van der Waals surface area contributed by atoms with Crippen LogP contribution in [0.4, 0.5) is 0 Å². The van der Waals surface area contributed by atoms with Crippen molar-refractivity contribution in [3.63, 3.8) is 0 Å². The molecule has 7 heteroatoms. The van der Waals surface area contributed by atoms with Gasteiger partial charge >= 0.3 is 0 Å². The van der Waals surface area contributed by atoms with Gasteiger partial charge in [-0.1, -0.05) is 42.5 Å². The molecule has 7 nitrogen and oxygen atoms in total. The highest BCUT2D eigenvalue weighted by atomic mass is 16.5. The second-order valence-electron chi connectivity index (χ2n) is 7.96. The van der Waals surface area contributed by atoms with Gasteiger partial charge in [0.2, 0.25) is 5.91 Å². The molecule has 4 rings (SSSR count). The number of carbonyl (C=O) groups excluding carboxylic acids is 1. The Kier molecular flexibility index (Phi) is 7.32. The SMILES string of the molecule is COc1ccc(-c2cc(=O)n(CC(=O)N3CCN(C/C=C/c4ccccc4)CC3)cn2)cc1. The Hall–Kier alpha value is -3.71. The van der Waals surface area contributed by atoms with E-state index in [2.05, 4.69) is 34.2 Å². The van der Waals surface area contributed by atoms with Crippen molar-refractivity contribution < 1.29 is 9.53 Å². The van der Waals surface area contributed by atoms with Gasteiger partial charge in [-0.3, -0.25) is 19.1 Å². The molecule has 1 aliphatic heterocycles. The van der Waals surface area contributed by atoms with Crippen LogP contribution < -0.4 is 10.3 Å². The zero-order valence-corrected chi connectivity index (χ0v) is 18.8. The van der Waals surface area contributed by atoms with Crippen LogP contribution in [-0.2, 0) is 11.3 Å². The average Bonchev–Trinajstić information content (AvgIpc) is 2.86. The normalized spacial score (nSPS) is 14.5. The van der Waals surface area contributed by atoms with Gasteiger partial charge in [0.25, 0.3) is 5.56 Å². The summed E-state index contributed by atoms with van der Waals surface area (Å²) >= 11 is 0. The number of aromatic nitrogens is 2. The highest BCUT2D eigenvalue weighted by molar-refractivity contribution is 5.76. The molecule has 0 unspecified atom stereocenters. The predicted molar refractivity (Wildman–Crippen MR) is 129 cm³/mol. The Morgan fingerprint density at radius 1 is 1.03 bits per heavy atom. The van der Waals surface area contributed by atoms with E-state index in [0.717, 1.165) is 30.9 Å². The van der Waals surface area contributed by atoms with E-state index in [1.807, 2.05) is 47.4 Å². The maximum Gasteiger partial charge on any atom is 0.254 e. The van der Waals surface area contributed by atoms with Gasteiger partial charge in [0.15, 0.2) is 0 Å². The molecule has 2 heterocycles. The number of hydrogen-bond acceptors (Lipinski definition) is 5. The lowest BCUT2D eigenvalue weighted by Crippen LogP contribution is -2.49. The van der Waals surface area contributed by atoms with Crippen molar-refractivity contribution in [1.82, 2.24) is 19.4 Å². The van der Waals surface area contributed by atoms with Gasteiger partial charge in [-0.25, -0.2) is 4.98 Å². The van der Waals surface area contributed by atoms with Crippen LogP contribution in [0.15, 0.2) is 77.9 Å². The fourth-order valence-corrected chi connectivity index (χ4v) is 3.79. The summed E-state index contributed by atoms with van der Waals surface area (Å²) in [6.07, 6.45) is 5.72. The van der Waals surface area contributed by atoms with Crippen LogP contribution >= 0.6 is 0 Å². The standard InChI is InChI=1S/C26H28N4O3/c1-33-23-11-9-22(10-12-23)24-18-25(31)30(20-27-24)19-26(32)29-16-14-28(15-17-29)13-5-8-21-6-3-2-4-7-21/h2-12,18,20H,13-17,19H2,1H3/b8-5+. The van der Waals surface area contributed by atoms with Gasteiger partial charge in [0, 0.05) is 44.4 Å². The van der Waals surface area contributed by atoms with Crippen LogP contribution in [0.5, 0.6) is 5.75 Å². The predicted octanol–water partition coefficient (Wildman–Crippen LogP) is 2.78. The third-order valence-corrected chi connectivity index (χ3v) is 5.77. The molecule has 0 bridgehead atoms. The highest BCUT2D eigenvalue weighted by Gasteiger charge is 2.21. The molecule has 1 saturated heterocycles. The monoisotopic (exact) mass is 444 g/mol. The van der Waals surface area contributed by atoms with Gasteiger partial charge in [0.1, 0.15) is 12.3 Å². The van der Waals surface area contributed by atoms with Crippen LogP contribution in [0.3, 0.4) is 0 Å². The molecule has 3 aromatic rings. The first-order valence-electron chi connectivity index (χ1n) is 11.0. The van der Waals surface area contributed by atoms with E-state index in [0.29, 0.717) is 18.8 Å². The number of rotatable bonds is 7. The van der Waals surface area contributed by atoms with Crippen LogP contribution in [0.2, 0.25) is 0 Å². The fraction of sp³-hybridized carbons (Fsp3) is 0.269. The van der Waals surface area contributed by atoms with Crippen LogP contribution in [0.1, 0.15) is 5.56 Å². The van der Waals surface area contributed by atoms with E-state index in [9.17, 15) is 9.59 Å². The number of ether oxygens (including phenoxy) is 1. The summed E-state index contributed by atoms with van der Waals surface area (Å²) in [5, 5.41) is 0. The van der Waals surface area contributed by atoms with Crippen molar-refractivity contribution >= 4 is 12.0 Å². The highest BCUT2D eigenvalue weighted by Crippen LogP contribution is 2.19. The van der Waals surface area contributed by atoms with Gasteiger partial charge in [0.05, 0.1) is 19.1 Å². The van der Waals surface area contributed by atoms with Crippen LogP contribution in [0.25, 0.3) is 17.3 Å². The second-order valence-corrected chi connectivity index (χ2v) is 7.96. The molecule has 0 radical (unpaired) electrons. The molecular weight excluding hydrogens is 416 g/mol. The van der Waals surface area contributed by atoms with Gasteiger partial charge < -0.3 is 9.64 Å². The third kappa shape index (κ3) is 5.96. The third-order valence-electron chi connectivity index (χ3n) is 5.77. The van der Waals surface area contributed by atoms with Gasteiger partial charge in [-0.05, 0) is 29.8 Å². The molecule has 1 fully saturated rings. The molecule has 1 aliphatic rings. The smallest absolute Gasteiger partial charge is 0.254 e. The minimum atomic E-state index is -0.242. The van der Waals surface area contributed by atoms with Crippen molar-refractivity contribution in [3.8, 4) is 17.0 Å². The summed E-state index contributed by atoms with van der Waals surface area (Å²) in [7, 11) is 1.61. The van der Waals surface area contributed by atoms with Crippen molar-refractivity contribution in [2.24, 2.45) is 0 Å². The minimum absolute atomic E-state index is 0.00261. The number of nitrogens with zero attached hydrogens (tertiary/aromatic N) is 4. The maximum absolute atomic E-state index is 12.7. The lowest BCUT2D eigenvalue weighted by atomic mass is 10.1. The molecule has 1 aromatic heterocycles. The zero-order chi connectivity index (χ0) is 23.0. The Bertz CT molecular complexity index is 1150. The number of methoxy groups -OCH3 is 1. The van der Waals surface area contributed by atoms with Crippen LogP contribution in [-0.4, -0.2) is 65.1 Å². The van der Waals surface area contributed by atoms with E-state index in [1.165, 1.54) is 22.5 Å². The van der Waals surface area contributed by atoms with Crippen LogP contribution in [0, 0.1) is 0 Å². The van der Waals surface area contributed by atoms with Gasteiger partial charge in [-0.15, -0.1) is 0 Å². The summed E-state index contributed by atoms with van der Waals surface area (Å²) in [6.45, 7) is 3.80. The molecule has 0 saturated carbocycles. The molecule has 170 valence electrons. The Morgan fingerprint density at radius 3 is 2.42 bits per heavy atom. The molecule has 0 spiro atoms. The Morgan fingerprint density at radius 2 is 1.76 bits per heavy atom. The summed E-state index contributed by atoms with van der Waals surface area (Å²) < 4.78 is 6.52. The summed E-state index contributed by atoms with van der Waals surface area (Å²) in [6, 6.07) is 19.0. The quantitative estimate of drug-likeness (QED) is 0.561. The van der Waals surface area contributed by atoms with Gasteiger partial charge in [-0.2, -0.15) is 0 Å². The van der Waals surface area contributed by atoms with E-state index in [4.69, 9.17) is 4.74 Å². The maximum atomic E-state index is 12.7. The number of amides is 1. The molecule has 2 aromatic carbocycles. The van der Waals surface area contributed by atoms with Crippen molar-refractivity contribution in [3.05, 3.63) is 89.0 Å². The van der Waals surface area contributed by atoms with Crippen molar-refractivity contribution in [1.29, 1.82) is 0 Å². The first-order valence-corrected chi connectivity index (χ1v) is 11.0. The Labute approximate surface area is 193 Å². The largest absolute Gasteiger partial charge is 0.497 e. The lowest BCUT2D eigenvalue weighted by molar-refractivity contribution is -0.133. The minimum Gasteiger partial charge on any atom is -0.497 e. The summed E-state index contributed by atoms with van der Waals surface area (Å²) in [4.78, 5) is 33.8. The number of benzene rings is 2. The summed E-state index contributed by atoms with van der Waals surface area (Å²) in [5.41, 5.74) is 2.34. The molecule has 0 N–H and O–H groups in total. The van der Waals surface area contributed by atoms with E-state index < -0.39 is 0 Å². The molecule has 1 amide bonds. The number of piperazine rings is 1. The van der Waals surface area contributed by atoms with E-state index in [1.54, 1.807) is 7.11 Å². The topological polar surface area (TPSA) is 67.7 Å². The summed E-state index contributed by atoms with van der Waals surface area (Å²) in [5.74, 6) is 0.681.